The molecule has 2 aromatic carbocycles. The molecule has 2 N–H and O–H groups in total. The maximum absolute atomic E-state index is 12.7. The third-order valence-electron chi connectivity index (χ3n) is 6.67. The number of para-hydroxylation sites is 2. The Bertz CT molecular complexity index is 1170. The molecule has 1 aromatic heterocycles. The number of benzene rings is 2. The number of pyridine rings is 1. The Morgan fingerprint density at radius 3 is 2.79 bits per heavy atom. The van der Waals surface area contributed by atoms with Crippen molar-refractivity contribution in [1.29, 1.82) is 0 Å². The van der Waals surface area contributed by atoms with E-state index in [-0.39, 0.29) is 5.91 Å². The normalized spacial score (nSPS) is 16.1. The number of ether oxygens (including phenoxy) is 2. The summed E-state index contributed by atoms with van der Waals surface area (Å²) in [6, 6.07) is 14.0. The molecule has 0 unspecified atom stereocenters. The van der Waals surface area contributed by atoms with E-state index in [4.69, 9.17) is 14.5 Å². The largest absolute Gasteiger partial charge is 0.495 e. The summed E-state index contributed by atoms with van der Waals surface area (Å²) in [5.41, 5.74) is 6.14. The lowest BCUT2D eigenvalue weighted by Crippen LogP contribution is -2.38. The quantitative estimate of drug-likeness (QED) is 0.540. The van der Waals surface area contributed by atoms with Gasteiger partial charge in [0, 0.05) is 42.8 Å². The van der Waals surface area contributed by atoms with Crippen LogP contribution in [0.3, 0.4) is 0 Å². The number of nitrogens with one attached hydrogen (secondary N) is 2. The standard InChI is InChI=1S/C27H32N4O3/c1-33-25-9-5-4-8-24(25)30-27-20-6-2-3-7-22(20)29-23-11-10-19(18-21(23)27)28-26(32)12-13-31-14-16-34-17-15-31/h4-5,8-11,18H,2-3,6-7,12-17H2,1H3,(H,28,32)(H,29,30). The molecule has 0 atom stereocenters. The molecule has 34 heavy (non-hydrogen) atoms. The summed E-state index contributed by atoms with van der Waals surface area (Å²) in [6.45, 7) is 4.01. The van der Waals surface area contributed by atoms with Gasteiger partial charge < -0.3 is 20.1 Å². The van der Waals surface area contributed by atoms with Crippen LogP contribution in [0.2, 0.25) is 0 Å². The van der Waals surface area contributed by atoms with Crippen LogP contribution in [0.5, 0.6) is 5.75 Å². The number of anilines is 3. The average Bonchev–Trinajstić information content (AvgIpc) is 2.88. The van der Waals surface area contributed by atoms with Crippen molar-refractivity contribution in [2.24, 2.45) is 0 Å². The van der Waals surface area contributed by atoms with Crippen molar-refractivity contribution in [2.45, 2.75) is 32.1 Å². The molecule has 0 radical (unpaired) electrons. The molecule has 5 rings (SSSR count). The summed E-state index contributed by atoms with van der Waals surface area (Å²) in [4.78, 5) is 19.9. The summed E-state index contributed by atoms with van der Waals surface area (Å²) in [5.74, 6) is 0.820. The van der Waals surface area contributed by atoms with E-state index in [1.807, 2.05) is 42.5 Å². The number of hydrogen-bond donors (Lipinski definition) is 2. The first-order valence-electron chi connectivity index (χ1n) is 12.2. The monoisotopic (exact) mass is 460 g/mol. The summed E-state index contributed by atoms with van der Waals surface area (Å²) in [5, 5.41) is 7.75. The van der Waals surface area contributed by atoms with Crippen LogP contribution >= 0.6 is 0 Å². The van der Waals surface area contributed by atoms with Gasteiger partial charge in [-0.1, -0.05) is 12.1 Å². The van der Waals surface area contributed by atoms with Crippen LogP contribution in [0.15, 0.2) is 42.5 Å². The highest BCUT2D eigenvalue weighted by Crippen LogP contribution is 2.38. The second kappa shape index (κ2) is 10.4. The van der Waals surface area contributed by atoms with Crippen LogP contribution in [-0.4, -0.2) is 55.7 Å². The molecule has 0 bridgehead atoms. The SMILES string of the molecule is COc1ccccc1Nc1c2c(nc3ccc(NC(=O)CCN4CCOCC4)cc13)CCCC2. The molecular weight excluding hydrogens is 428 g/mol. The van der Waals surface area contributed by atoms with Gasteiger partial charge >= 0.3 is 0 Å². The lowest BCUT2D eigenvalue weighted by atomic mass is 9.92. The zero-order valence-electron chi connectivity index (χ0n) is 19.7. The number of methoxy groups -OCH3 is 1. The molecule has 178 valence electrons. The highest BCUT2D eigenvalue weighted by molar-refractivity contribution is 6.00. The van der Waals surface area contributed by atoms with E-state index in [0.29, 0.717) is 6.42 Å². The lowest BCUT2D eigenvalue weighted by Gasteiger charge is -2.26. The predicted molar refractivity (Wildman–Crippen MR) is 135 cm³/mol. The van der Waals surface area contributed by atoms with Gasteiger partial charge in [-0.25, -0.2) is 0 Å². The van der Waals surface area contributed by atoms with E-state index >= 15 is 0 Å². The molecule has 7 heteroatoms. The number of nitrogens with zero attached hydrogens (tertiary/aromatic N) is 2. The smallest absolute Gasteiger partial charge is 0.225 e. The fraction of sp³-hybridized carbons (Fsp3) is 0.407. The third-order valence-corrected chi connectivity index (χ3v) is 6.67. The van der Waals surface area contributed by atoms with Gasteiger partial charge in [-0.3, -0.25) is 14.7 Å². The molecular formula is C27H32N4O3. The van der Waals surface area contributed by atoms with Gasteiger partial charge in [0.05, 0.1) is 37.2 Å². The Morgan fingerprint density at radius 2 is 1.94 bits per heavy atom. The molecule has 1 fully saturated rings. The zero-order chi connectivity index (χ0) is 23.3. The zero-order valence-corrected chi connectivity index (χ0v) is 19.7. The van der Waals surface area contributed by atoms with Crippen molar-refractivity contribution in [3.05, 3.63) is 53.7 Å². The Kier molecular flexibility index (Phi) is 6.92. The van der Waals surface area contributed by atoms with Gasteiger partial charge in [0.15, 0.2) is 0 Å². The van der Waals surface area contributed by atoms with Crippen LogP contribution in [0.25, 0.3) is 10.9 Å². The third kappa shape index (κ3) is 5.00. The first-order chi connectivity index (χ1) is 16.7. The summed E-state index contributed by atoms with van der Waals surface area (Å²) in [6.07, 6.45) is 4.76. The number of hydrogen-bond acceptors (Lipinski definition) is 6. The fourth-order valence-corrected chi connectivity index (χ4v) is 4.83. The van der Waals surface area contributed by atoms with E-state index < -0.39 is 0 Å². The van der Waals surface area contributed by atoms with E-state index in [1.165, 1.54) is 11.3 Å². The molecule has 7 nitrogen and oxygen atoms in total. The van der Waals surface area contributed by atoms with Gasteiger partial charge in [0.1, 0.15) is 5.75 Å². The number of carbonyl (C=O) groups is 1. The number of amides is 1. The Hall–Kier alpha value is -3.16. The minimum atomic E-state index is 0.0241. The van der Waals surface area contributed by atoms with E-state index in [0.717, 1.165) is 92.2 Å². The molecule has 1 aliphatic carbocycles. The molecule has 1 aliphatic heterocycles. The average molecular weight is 461 g/mol. The molecule has 1 amide bonds. The summed E-state index contributed by atoms with van der Waals surface area (Å²) >= 11 is 0. The number of morpholine rings is 1. The van der Waals surface area contributed by atoms with Crippen molar-refractivity contribution < 1.29 is 14.3 Å². The van der Waals surface area contributed by atoms with E-state index in [2.05, 4.69) is 15.5 Å². The first-order valence-corrected chi connectivity index (χ1v) is 12.2. The maximum Gasteiger partial charge on any atom is 0.225 e. The van der Waals surface area contributed by atoms with Crippen LogP contribution in [0.4, 0.5) is 17.1 Å². The summed E-state index contributed by atoms with van der Waals surface area (Å²) in [7, 11) is 1.69. The van der Waals surface area contributed by atoms with Crippen molar-refractivity contribution in [1.82, 2.24) is 9.88 Å². The summed E-state index contributed by atoms with van der Waals surface area (Å²) < 4.78 is 11.0. The van der Waals surface area contributed by atoms with E-state index in [1.54, 1.807) is 7.11 Å². The molecule has 0 spiro atoms. The highest BCUT2D eigenvalue weighted by atomic mass is 16.5. The molecule has 2 aliphatic rings. The van der Waals surface area contributed by atoms with Crippen LogP contribution in [-0.2, 0) is 22.4 Å². The Balaban J connectivity index is 1.43. The minimum Gasteiger partial charge on any atom is -0.495 e. The van der Waals surface area contributed by atoms with E-state index in [9.17, 15) is 4.79 Å². The number of rotatable bonds is 7. The molecule has 1 saturated heterocycles. The number of fused-ring (bicyclic) bond motifs is 2. The minimum absolute atomic E-state index is 0.0241. The molecule has 0 saturated carbocycles. The number of carbonyl (C=O) groups excluding carboxylic acids is 1. The highest BCUT2D eigenvalue weighted by Gasteiger charge is 2.20. The van der Waals surface area contributed by atoms with Gasteiger partial charge in [-0.2, -0.15) is 0 Å². The van der Waals surface area contributed by atoms with Crippen molar-refractivity contribution in [2.75, 3.05) is 50.6 Å². The van der Waals surface area contributed by atoms with Crippen molar-refractivity contribution in [3.63, 3.8) is 0 Å². The topological polar surface area (TPSA) is 75.7 Å². The predicted octanol–water partition coefficient (Wildman–Crippen LogP) is 4.53. The Labute approximate surface area is 200 Å². The number of aromatic nitrogens is 1. The second-order valence-corrected chi connectivity index (χ2v) is 8.93. The maximum atomic E-state index is 12.7. The van der Waals surface area contributed by atoms with Crippen molar-refractivity contribution in [3.8, 4) is 5.75 Å². The second-order valence-electron chi connectivity index (χ2n) is 8.93. The van der Waals surface area contributed by atoms with Crippen LogP contribution in [0, 0.1) is 0 Å². The van der Waals surface area contributed by atoms with Crippen LogP contribution < -0.4 is 15.4 Å². The molecule has 3 aromatic rings. The first kappa shape index (κ1) is 22.6. The fourth-order valence-electron chi connectivity index (χ4n) is 4.83. The lowest BCUT2D eigenvalue weighted by molar-refractivity contribution is -0.116. The van der Waals surface area contributed by atoms with Gasteiger partial charge in [0.2, 0.25) is 5.91 Å². The van der Waals surface area contributed by atoms with Gasteiger partial charge in [0.25, 0.3) is 0 Å². The Morgan fingerprint density at radius 1 is 1.12 bits per heavy atom. The van der Waals surface area contributed by atoms with Gasteiger partial charge in [-0.05, 0) is 61.6 Å². The molecule has 2 heterocycles. The van der Waals surface area contributed by atoms with Gasteiger partial charge in [-0.15, -0.1) is 0 Å². The van der Waals surface area contributed by atoms with Crippen molar-refractivity contribution >= 4 is 33.9 Å². The van der Waals surface area contributed by atoms with Crippen LogP contribution in [0.1, 0.15) is 30.5 Å². The number of aryl methyl sites for hydroxylation is 1.